The van der Waals surface area contributed by atoms with Gasteiger partial charge in [-0.3, -0.25) is 4.99 Å². The van der Waals surface area contributed by atoms with E-state index in [1.165, 1.54) is 12.1 Å². The molecule has 22 heavy (non-hydrogen) atoms. The molecule has 0 amide bonds. The van der Waals surface area contributed by atoms with Crippen LogP contribution in [0, 0.1) is 0 Å². The predicted molar refractivity (Wildman–Crippen MR) is 91.9 cm³/mol. The van der Waals surface area contributed by atoms with Crippen LogP contribution in [0.25, 0.3) is 0 Å². The Morgan fingerprint density at radius 2 is 1.73 bits per heavy atom. The zero-order valence-electron chi connectivity index (χ0n) is 12.5. The van der Waals surface area contributed by atoms with Crippen LogP contribution in [0.2, 0.25) is 0 Å². The molecule has 0 unspecified atom stereocenters. The van der Waals surface area contributed by atoms with Gasteiger partial charge in [0.2, 0.25) is 0 Å². The van der Waals surface area contributed by atoms with Crippen molar-refractivity contribution in [2.24, 2.45) is 4.99 Å². The van der Waals surface area contributed by atoms with Gasteiger partial charge in [0.1, 0.15) is 5.75 Å². The lowest BCUT2D eigenvalue weighted by Gasteiger charge is -2.13. The van der Waals surface area contributed by atoms with Crippen LogP contribution >= 0.6 is 24.0 Å². The Morgan fingerprint density at radius 1 is 1.14 bits per heavy atom. The predicted octanol–water partition coefficient (Wildman–Crippen LogP) is 3.32. The van der Waals surface area contributed by atoms with Gasteiger partial charge >= 0.3 is 6.36 Å². The highest BCUT2D eigenvalue weighted by atomic mass is 127. The zero-order chi connectivity index (χ0) is 15.7. The minimum absolute atomic E-state index is 0. The number of aliphatic imine (C=N–C) groups is 1. The number of ether oxygens (including phenoxy) is 1. The first-order valence-electron chi connectivity index (χ1n) is 6.82. The fourth-order valence-electron chi connectivity index (χ4n) is 1.73. The molecule has 0 aliphatic carbocycles. The van der Waals surface area contributed by atoms with Gasteiger partial charge in [-0.05, 0) is 31.9 Å². The van der Waals surface area contributed by atoms with Gasteiger partial charge in [-0.1, -0.05) is 18.2 Å². The molecular weight excluding hydrogens is 410 g/mol. The van der Waals surface area contributed by atoms with Crippen molar-refractivity contribution in [2.45, 2.75) is 26.6 Å². The van der Waals surface area contributed by atoms with Crippen LogP contribution in [0.5, 0.6) is 5.75 Å². The molecule has 1 aromatic rings. The average molecular weight is 431 g/mol. The molecule has 2 N–H and O–H groups in total. The molecule has 0 spiro atoms. The highest BCUT2D eigenvalue weighted by Gasteiger charge is 2.31. The Kier molecular flexibility index (Phi) is 9.95. The zero-order valence-corrected chi connectivity index (χ0v) is 14.9. The third kappa shape index (κ3) is 8.30. The Labute approximate surface area is 145 Å². The molecule has 0 aromatic heterocycles. The monoisotopic (exact) mass is 431 g/mol. The maximum atomic E-state index is 12.3. The van der Waals surface area contributed by atoms with Crippen molar-refractivity contribution >= 4 is 29.9 Å². The maximum absolute atomic E-state index is 12.3. The normalized spacial score (nSPS) is 10.4. The highest BCUT2D eigenvalue weighted by Crippen LogP contribution is 2.26. The summed E-state index contributed by atoms with van der Waals surface area (Å²) in [6.07, 6.45) is -4.31. The number of rotatable bonds is 6. The van der Waals surface area contributed by atoms with Gasteiger partial charge in [0.25, 0.3) is 0 Å². The van der Waals surface area contributed by atoms with E-state index < -0.39 is 6.36 Å². The van der Waals surface area contributed by atoms with Crippen molar-refractivity contribution in [3.05, 3.63) is 29.8 Å². The number of para-hydroxylation sites is 1. The Hall–Kier alpha value is -1.19. The molecule has 1 rings (SSSR count). The Morgan fingerprint density at radius 3 is 2.27 bits per heavy atom. The van der Waals surface area contributed by atoms with E-state index in [1.54, 1.807) is 12.1 Å². The highest BCUT2D eigenvalue weighted by molar-refractivity contribution is 14.0. The van der Waals surface area contributed by atoms with Crippen LogP contribution < -0.4 is 15.4 Å². The number of hydrogen-bond donors (Lipinski definition) is 2. The fraction of sp³-hybridized carbons (Fsp3) is 0.500. The largest absolute Gasteiger partial charge is 0.573 e. The quantitative estimate of drug-likeness (QED) is 0.413. The lowest BCUT2D eigenvalue weighted by molar-refractivity contribution is -0.274. The van der Waals surface area contributed by atoms with Gasteiger partial charge in [0.15, 0.2) is 5.96 Å². The second-order valence-electron chi connectivity index (χ2n) is 4.20. The van der Waals surface area contributed by atoms with E-state index >= 15 is 0 Å². The van der Waals surface area contributed by atoms with Crippen LogP contribution in [0.4, 0.5) is 13.2 Å². The molecule has 4 nitrogen and oxygen atoms in total. The summed E-state index contributed by atoms with van der Waals surface area (Å²) < 4.78 is 40.9. The summed E-state index contributed by atoms with van der Waals surface area (Å²) in [6.45, 7) is 5.70. The second-order valence-corrected chi connectivity index (χ2v) is 4.20. The lowest BCUT2D eigenvalue weighted by atomic mass is 10.1. The molecule has 0 heterocycles. The third-order valence-corrected chi connectivity index (χ3v) is 2.54. The van der Waals surface area contributed by atoms with E-state index in [4.69, 9.17) is 0 Å². The molecule has 8 heteroatoms. The van der Waals surface area contributed by atoms with Gasteiger partial charge in [-0.25, -0.2) is 0 Å². The van der Waals surface area contributed by atoms with E-state index in [9.17, 15) is 13.2 Å². The molecule has 0 atom stereocenters. The molecule has 0 radical (unpaired) electrons. The number of alkyl halides is 3. The number of hydrogen-bond acceptors (Lipinski definition) is 2. The smallest absolute Gasteiger partial charge is 0.406 e. The molecule has 0 bridgehead atoms. The minimum atomic E-state index is -4.68. The van der Waals surface area contributed by atoms with E-state index in [1.807, 2.05) is 13.8 Å². The van der Waals surface area contributed by atoms with E-state index in [0.717, 1.165) is 13.1 Å². The summed E-state index contributed by atoms with van der Waals surface area (Å²) >= 11 is 0. The Bertz CT molecular complexity index is 459. The van der Waals surface area contributed by atoms with Crippen LogP contribution in [-0.4, -0.2) is 32.0 Å². The summed E-state index contributed by atoms with van der Waals surface area (Å²) in [4.78, 5) is 4.29. The van der Waals surface area contributed by atoms with Crippen molar-refractivity contribution in [3.8, 4) is 5.75 Å². The lowest BCUT2D eigenvalue weighted by Crippen LogP contribution is -2.37. The van der Waals surface area contributed by atoms with Gasteiger partial charge < -0.3 is 15.4 Å². The molecule has 1 aromatic carbocycles. The summed E-state index contributed by atoms with van der Waals surface area (Å²) in [6, 6.07) is 6.10. The van der Waals surface area contributed by atoms with Crippen LogP contribution in [0.15, 0.2) is 29.3 Å². The molecule has 0 saturated heterocycles. The van der Waals surface area contributed by atoms with Crippen molar-refractivity contribution in [1.29, 1.82) is 0 Å². The van der Waals surface area contributed by atoms with Gasteiger partial charge in [0.05, 0.1) is 0 Å². The minimum Gasteiger partial charge on any atom is -0.406 e. The van der Waals surface area contributed by atoms with E-state index in [0.29, 0.717) is 24.5 Å². The molecule has 0 fully saturated rings. The van der Waals surface area contributed by atoms with Crippen LogP contribution in [-0.2, 0) is 6.42 Å². The van der Waals surface area contributed by atoms with Gasteiger partial charge in [-0.2, -0.15) is 0 Å². The van der Waals surface area contributed by atoms with Gasteiger partial charge in [-0.15, -0.1) is 37.1 Å². The van der Waals surface area contributed by atoms with Crippen LogP contribution in [0.1, 0.15) is 19.4 Å². The number of nitrogens with one attached hydrogen (secondary N) is 2. The Balaban J connectivity index is 0.00000441. The molecule has 0 aliphatic heterocycles. The molecule has 126 valence electrons. The molecular formula is C14H21F3IN3O. The summed E-state index contributed by atoms with van der Waals surface area (Å²) in [7, 11) is 0. The fourth-order valence-corrected chi connectivity index (χ4v) is 1.73. The third-order valence-electron chi connectivity index (χ3n) is 2.54. The van der Waals surface area contributed by atoms with Crippen molar-refractivity contribution in [3.63, 3.8) is 0 Å². The van der Waals surface area contributed by atoms with Crippen LogP contribution in [0.3, 0.4) is 0 Å². The van der Waals surface area contributed by atoms with E-state index in [-0.39, 0.29) is 29.7 Å². The average Bonchev–Trinajstić information content (AvgIpc) is 2.39. The topological polar surface area (TPSA) is 45.7 Å². The van der Waals surface area contributed by atoms with E-state index in [2.05, 4.69) is 20.4 Å². The standard InChI is InChI=1S/C14H20F3N3O.HI/c1-3-18-13(19-4-2)20-10-9-11-7-5-6-8-12(11)21-14(15,16)17;/h5-8H,3-4,9-10H2,1-2H3,(H2,18,19,20);1H. The first-order chi connectivity index (χ1) is 9.96. The summed E-state index contributed by atoms with van der Waals surface area (Å²) in [5.41, 5.74) is 0.478. The molecule has 0 aliphatic rings. The number of halogens is 4. The second kappa shape index (κ2) is 10.5. The number of nitrogens with zero attached hydrogens (tertiary/aromatic N) is 1. The summed E-state index contributed by atoms with van der Waals surface area (Å²) in [5.74, 6) is 0.475. The first kappa shape index (κ1) is 20.8. The SMILES string of the molecule is CCNC(=NCCc1ccccc1OC(F)(F)F)NCC.I. The first-order valence-corrected chi connectivity index (χ1v) is 6.82. The maximum Gasteiger partial charge on any atom is 0.573 e. The van der Waals surface area contributed by atoms with Crippen molar-refractivity contribution < 1.29 is 17.9 Å². The molecule has 0 saturated carbocycles. The number of guanidine groups is 1. The van der Waals surface area contributed by atoms with Crippen molar-refractivity contribution in [1.82, 2.24) is 10.6 Å². The van der Waals surface area contributed by atoms with Crippen molar-refractivity contribution in [2.75, 3.05) is 19.6 Å². The summed E-state index contributed by atoms with van der Waals surface area (Å²) in [5, 5.41) is 6.10. The van der Waals surface area contributed by atoms with Gasteiger partial charge in [0, 0.05) is 19.6 Å². The number of benzene rings is 1.